The van der Waals surface area contributed by atoms with Gasteiger partial charge in [0.05, 0.1) is 23.4 Å². The second kappa shape index (κ2) is 10.2. The predicted molar refractivity (Wildman–Crippen MR) is 131 cm³/mol. The maximum absolute atomic E-state index is 12.8. The first-order valence-corrected chi connectivity index (χ1v) is 13.3. The van der Waals surface area contributed by atoms with Crippen molar-refractivity contribution in [3.05, 3.63) is 78.1 Å². The molecule has 176 valence electrons. The molecule has 1 amide bonds. The largest absolute Gasteiger partial charge is 0.493 e. The SMILES string of the molecule is CN(CCCOc1cccc(S(C)(=O)=O)c1)C(=O)c1csc(-c2cnn(-c3ccccc3)c2)n1. The van der Waals surface area contributed by atoms with Crippen LogP contribution in [0.1, 0.15) is 16.9 Å². The van der Waals surface area contributed by atoms with E-state index in [0.29, 0.717) is 31.0 Å². The fraction of sp³-hybridized carbons (Fsp3) is 0.208. The summed E-state index contributed by atoms with van der Waals surface area (Å²) in [6, 6.07) is 16.2. The second-order valence-electron chi connectivity index (χ2n) is 7.72. The zero-order valence-corrected chi connectivity index (χ0v) is 20.4. The molecular formula is C24H24N4O4S2. The van der Waals surface area contributed by atoms with Crippen LogP contribution in [0.2, 0.25) is 0 Å². The van der Waals surface area contributed by atoms with Gasteiger partial charge in [0.25, 0.3) is 5.91 Å². The Balaban J connectivity index is 1.31. The van der Waals surface area contributed by atoms with E-state index in [1.165, 1.54) is 23.5 Å². The number of hydrogen-bond donors (Lipinski definition) is 0. The number of rotatable bonds is 9. The molecule has 0 atom stereocenters. The zero-order valence-electron chi connectivity index (χ0n) is 18.8. The number of ether oxygens (including phenoxy) is 1. The molecule has 10 heteroatoms. The average molecular weight is 497 g/mol. The van der Waals surface area contributed by atoms with Gasteiger partial charge in [0.1, 0.15) is 16.5 Å². The highest BCUT2D eigenvalue weighted by atomic mass is 32.2. The van der Waals surface area contributed by atoms with Gasteiger partial charge >= 0.3 is 0 Å². The van der Waals surface area contributed by atoms with Gasteiger partial charge in [0.2, 0.25) is 0 Å². The summed E-state index contributed by atoms with van der Waals surface area (Å²) in [5.41, 5.74) is 2.18. The molecule has 8 nitrogen and oxygen atoms in total. The molecule has 2 aromatic heterocycles. The van der Waals surface area contributed by atoms with Crippen LogP contribution in [0, 0.1) is 0 Å². The van der Waals surface area contributed by atoms with Gasteiger partial charge in [-0.15, -0.1) is 11.3 Å². The lowest BCUT2D eigenvalue weighted by molar-refractivity contribution is 0.0783. The van der Waals surface area contributed by atoms with Crippen molar-refractivity contribution in [3.63, 3.8) is 0 Å². The Morgan fingerprint density at radius 1 is 1.15 bits per heavy atom. The number of carbonyl (C=O) groups is 1. The van der Waals surface area contributed by atoms with Crippen molar-refractivity contribution in [2.24, 2.45) is 0 Å². The predicted octanol–water partition coefficient (Wildman–Crippen LogP) is 3.94. The number of amides is 1. The summed E-state index contributed by atoms with van der Waals surface area (Å²) < 4.78 is 30.8. The number of nitrogens with zero attached hydrogens (tertiary/aromatic N) is 4. The number of aromatic nitrogens is 3. The third kappa shape index (κ3) is 5.70. The van der Waals surface area contributed by atoms with E-state index in [1.54, 1.807) is 40.3 Å². The number of hydrogen-bond acceptors (Lipinski definition) is 7. The van der Waals surface area contributed by atoms with Gasteiger partial charge < -0.3 is 9.64 Å². The Morgan fingerprint density at radius 2 is 1.94 bits per heavy atom. The van der Waals surface area contributed by atoms with E-state index >= 15 is 0 Å². The van der Waals surface area contributed by atoms with Crippen molar-refractivity contribution in [2.45, 2.75) is 11.3 Å². The minimum atomic E-state index is -3.29. The molecule has 0 unspecified atom stereocenters. The molecule has 4 rings (SSSR count). The molecule has 4 aromatic rings. The van der Waals surface area contributed by atoms with Crippen molar-refractivity contribution in [1.29, 1.82) is 0 Å². The van der Waals surface area contributed by atoms with Crippen LogP contribution in [0.4, 0.5) is 0 Å². The van der Waals surface area contributed by atoms with Crippen LogP contribution in [-0.4, -0.2) is 60.4 Å². The van der Waals surface area contributed by atoms with Gasteiger partial charge in [0.15, 0.2) is 9.84 Å². The van der Waals surface area contributed by atoms with Gasteiger partial charge in [0, 0.05) is 37.0 Å². The van der Waals surface area contributed by atoms with Crippen LogP contribution in [-0.2, 0) is 9.84 Å². The third-order valence-electron chi connectivity index (χ3n) is 5.06. The Morgan fingerprint density at radius 3 is 2.71 bits per heavy atom. The molecule has 0 radical (unpaired) electrons. The maximum Gasteiger partial charge on any atom is 0.273 e. The summed E-state index contributed by atoms with van der Waals surface area (Å²) in [5.74, 6) is 0.314. The summed E-state index contributed by atoms with van der Waals surface area (Å²) in [5, 5.41) is 6.87. The number of para-hydroxylation sites is 1. The first kappa shape index (κ1) is 23.7. The fourth-order valence-electron chi connectivity index (χ4n) is 3.24. The van der Waals surface area contributed by atoms with E-state index in [0.717, 1.165) is 22.5 Å². The Bertz CT molecular complexity index is 1380. The summed E-state index contributed by atoms with van der Waals surface area (Å²) in [7, 11) is -1.57. The fourth-order valence-corrected chi connectivity index (χ4v) is 4.67. The van der Waals surface area contributed by atoms with Gasteiger partial charge in [-0.3, -0.25) is 4.79 Å². The molecule has 34 heavy (non-hydrogen) atoms. The van der Waals surface area contributed by atoms with Gasteiger partial charge in [-0.1, -0.05) is 24.3 Å². The van der Waals surface area contributed by atoms with Crippen molar-refractivity contribution < 1.29 is 17.9 Å². The van der Waals surface area contributed by atoms with Crippen LogP contribution in [0.3, 0.4) is 0 Å². The van der Waals surface area contributed by atoms with Gasteiger partial charge in [-0.2, -0.15) is 5.10 Å². The monoisotopic (exact) mass is 496 g/mol. The Hall–Kier alpha value is -3.50. The van der Waals surface area contributed by atoms with E-state index in [4.69, 9.17) is 4.74 Å². The highest BCUT2D eigenvalue weighted by Crippen LogP contribution is 2.25. The smallest absolute Gasteiger partial charge is 0.273 e. The Kier molecular flexibility index (Phi) is 7.09. The summed E-state index contributed by atoms with van der Waals surface area (Å²) in [4.78, 5) is 19.1. The van der Waals surface area contributed by atoms with Crippen molar-refractivity contribution >= 4 is 27.1 Å². The number of sulfone groups is 1. The minimum Gasteiger partial charge on any atom is -0.493 e. The second-order valence-corrected chi connectivity index (χ2v) is 10.6. The first-order chi connectivity index (χ1) is 16.3. The van der Waals surface area contributed by atoms with Gasteiger partial charge in [-0.05, 0) is 36.8 Å². The maximum atomic E-state index is 12.8. The van der Waals surface area contributed by atoms with E-state index in [2.05, 4.69) is 10.1 Å². The number of thiazole rings is 1. The standard InChI is InChI=1S/C24H24N4O4S2/c1-27(12-7-13-32-20-10-6-11-21(14-20)34(2,30)31)24(29)22-17-33-23(26-22)18-15-25-28(16-18)19-8-4-3-5-9-19/h3-6,8-11,14-17H,7,12-13H2,1-2H3. The normalized spacial score (nSPS) is 11.4. The molecule has 2 heterocycles. The molecular weight excluding hydrogens is 472 g/mol. The molecule has 0 aliphatic rings. The van der Waals surface area contributed by atoms with Crippen molar-refractivity contribution in [2.75, 3.05) is 26.5 Å². The lowest BCUT2D eigenvalue weighted by atomic mass is 10.3. The first-order valence-electron chi connectivity index (χ1n) is 10.6. The molecule has 0 spiro atoms. The zero-order chi connectivity index (χ0) is 24.1. The lowest BCUT2D eigenvalue weighted by Crippen LogP contribution is -2.28. The summed E-state index contributed by atoms with van der Waals surface area (Å²) >= 11 is 1.40. The Labute approximate surface area is 202 Å². The summed E-state index contributed by atoms with van der Waals surface area (Å²) in [6.07, 6.45) is 5.38. The molecule has 0 fully saturated rings. The van der Waals surface area contributed by atoms with E-state index in [-0.39, 0.29) is 10.8 Å². The molecule has 0 aliphatic carbocycles. The highest BCUT2D eigenvalue weighted by molar-refractivity contribution is 7.90. The molecule has 0 saturated carbocycles. The molecule has 0 saturated heterocycles. The van der Waals surface area contributed by atoms with E-state index in [1.807, 2.05) is 36.5 Å². The molecule has 0 N–H and O–H groups in total. The topological polar surface area (TPSA) is 94.4 Å². The van der Waals surface area contributed by atoms with Crippen LogP contribution >= 0.6 is 11.3 Å². The third-order valence-corrected chi connectivity index (χ3v) is 7.06. The van der Waals surface area contributed by atoms with Crippen molar-refractivity contribution in [1.82, 2.24) is 19.7 Å². The lowest BCUT2D eigenvalue weighted by Gasteiger charge is -2.16. The number of carbonyl (C=O) groups excluding carboxylic acids is 1. The van der Waals surface area contributed by atoms with Crippen LogP contribution in [0.15, 0.2) is 77.3 Å². The molecule has 0 bridgehead atoms. The van der Waals surface area contributed by atoms with E-state index < -0.39 is 9.84 Å². The van der Waals surface area contributed by atoms with Crippen molar-refractivity contribution in [3.8, 4) is 22.0 Å². The average Bonchev–Trinajstić information content (AvgIpc) is 3.51. The molecule has 0 aliphatic heterocycles. The molecule has 2 aromatic carbocycles. The minimum absolute atomic E-state index is 0.169. The van der Waals surface area contributed by atoms with Gasteiger partial charge in [-0.25, -0.2) is 18.1 Å². The highest BCUT2D eigenvalue weighted by Gasteiger charge is 2.17. The summed E-state index contributed by atoms with van der Waals surface area (Å²) in [6.45, 7) is 0.829. The number of benzene rings is 2. The van der Waals surface area contributed by atoms with Crippen LogP contribution in [0.25, 0.3) is 16.3 Å². The quantitative estimate of drug-likeness (QED) is 0.326. The van der Waals surface area contributed by atoms with Crippen LogP contribution in [0.5, 0.6) is 5.75 Å². The van der Waals surface area contributed by atoms with E-state index in [9.17, 15) is 13.2 Å². The van der Waals surface area contributed by atoms with Crippen LogP contribution < -0.4 is 4.74 Å².